The Bertz CT molecular complexity index is 404. The standard InChI is InChI=1S/C13H20O2Si/c1-12(2)10(14)9-13(3,11(12)15)7-8-16(4,5)6/h9H2,1-6H3. The monoisotopic (exact) mass is 236 g/mol. The average Bonchev–Trinajstić information content (AvgIpc) is 2.25. The molecule has 1 atom stereocenters. The maximum absolute atomic E-state index is 12.2. The van der Waals surface area contributed by atoms with Gasteiger partial charge in [0.15, 0.2) is 5.78 Å². The van der Waals surface area contributed by atoms with Crippen LogP contribution in [0.15, 0.2) is 0 Å². The molecule has 88 valence electrons. The van der Waals surface area contributed by atoms with Gasteiger partial charge in [0, 0.05) is 6.42 Å². The predicted molar refractivity (Wildman–Crippen MR) is 67.6 cm³/mol. The van der Waals surface area contributed by atoms with Gasteiger partial charge >= 0.3 is 0 Å². The summed E-state index contributed by atoms with van der Waals surface area (Å²) in [5, 5.41) is 0. The molecule has 0 aliphatic heterocycles. The molecule has 2 nitrogen and oxygen atoms in total. The highest BCUT2D eigenvalue weighted by atomic mass is 28.3. The lowest BCUT2D eigenvalue weighted by molar-refractivity contribution is -0.134. The van der Waals surface area contributed by atoms with Crippen molar-refractivity contribution in [3.63, 3.8) is 0 Å². The molecule has 16 heavy (non-hydrogen) atoms. The third-order valence-electron chi connectivity index (χ3n) is 2.99. The van der Waals surface area contributed by atoms with Crippen LogP contribution in [0.1, 0.15) is 27.2 Å². The molecule has 0 saturated heterocycles. The number of hydrogen-bond donors (Lipinski definition) is 0. The summed E-state index contributed by atoms with van der Waals surface area (Å²) in [5.41, 5.74) is 1.62. The molecule has 0 aromatic rings. The molecule has 0 spiro atoms. The minimum atomic E-state index is -1.49. The van der Waals surface area contributed by atoms with Crippen LogP contribution in [-0.2, 0) is 9.59 Å². The van der Waals surface area contributed by atoms with Crippen molar-refractivity contribution >= 4 is 19.6 Å². The Morgan fingerprint density at radius 3 is 1.94 bits per heavy atom. The van der Waals surface area contributed by atoms with Crippen molar-refractivity contribution in [2.75, 3.05) is 0 Å². The van der Waals surface area contributed by atoms with E-state index >= 15 is 0 Å². The quantitative estimate of drug-likeness (QED) is 0.368. The normalized spacial score (nSPS) is 28.9. The molecule has 0 bridgehead atoms. The van der Waals surface area contributed by atoms with Crippen molar-refractivity contribution in [1.29, 1.82) is 0 Å². The van der Waals surface area contributed by atoms with E-state index in [-0.39, 0.29) is 18.0 Å². The minimum absolute atomic E-state index is 0.0178. The molecule has 1 fully saturated rings. The Balaban J connectivity index is 3.10. The van der Waals surface area contributed by atoms with Gasteiger partial charge in [-0.2, -0.15) is 0 Å². The van der Waals surface area contributed by atoms with Crippen LogP contribution in [-0.4, -0.2) is 19.6 Å². The molecule has 1 rings (SSSR count). The summed E-state index contributed by atoms with van der Waals surface area (Å²) in [6.45, 7) is 11.6. The first-order valence-electron chi connectivity index (χ1n) is 5.62. The Hall–Kier alpha value is -0.883. The number of rotatable bonds is 0. The van der Waals surface area contributed by atoms with Crippen molar-refractivity contribution in [3.05, 3.63) is 0 Å². The van der Waals surface area contributed by atoms with Crippen LogP contribution in [0, 0.1) is 22.3 Å². The van der Waals surface area contributed by atoms with E-state index in [9.17, 15) is 9.59 Å². The second kappa shape index (κ2) is 3.56. The SMILES string of the molecule is CC1(C#C[Si](C)(C)C)CC(=O)C(C)(C)C1=O. The smallest absolute Gasteiger partial charge is 0.163 e. The van der Waals surface area contributed by atoms with Crippen LogP contribution in [0.25, 0.3) is 0 Å². The summed E-state index contributed by atoms with van der Waals surface area (Å²) >= 11 is 0. The first kappa shape index (κ1) is 13.2. The first-order chi connectivity index (χ1) is 6.99. The summed E-state index contributed by atoms with van der Waals surface area (Å²) < 4.78 is 0. The van der Waals surface area contributed by atoms with E-state index in [1.54, 1.807) is 20.8 Å². The molecule has 0 N–H and O–H groups in total. The summed E-state index contributed by atoms with van der Waals surface area (Å²) in [6, 6.07) is 0. The van der Waals surface area contributed by atoms with E-state index in [1.165, 1.54) is 0 Å². The van der Waals surface area contributed by atoms with Gasteiger partial charge in [-0.05, 0) is 20.8 Å². The Morgan fingerprint density at radius 2 is 1.62 bits per heavy atom. The van der Waals surface area contributed by atoms with Gasteiger partial charge < -0.3 is 0 Å². The van der Waals surface area contributed by atoms with Crippen molar-refractivity contribution in [2.45, 2.75) is 46.8 Å². The van der Waals surface area contributed by atoms with E-state index in [2.05, 4.69) is 31.1 Å². The van der Waals surface area contributed by atoms with Gasteiger partial charge in [0.1, 0.15) is 13.9 Å². The van der Waals surface area contributed by atoms with Gasteiger partial charge in [-0.25, -0.2) is 0 Å². The van der Waals surface area contributed by atoms with Gasteiger partial charge in [0.25, 0.3) is 0 Å². The van der Waals surface area contributed by atoms with Gasteiger partial charge in [-0.3, -0.25) is 9.59 Å². The second-order valence-corrected chi connectivity index (χ2v) is 11.1. The minimum Gasteiger partial charge on any atom is -0.299 e. The lowest BCUT2D eigenvalue weighted by Gasteiger charge is -2.18. The van der Waals surface area contributed by atoms with Gasteiger partial charge in [-0.1, -0.05) is 25.6 Å². The third-order valence-corrected chi connectivity index (χ3v) is 3.87. The van der Waals surface area contributed by atoms with Crippen LogP contribution in [0.3, 0.4) is 0 Å². The zero-order valence-electron chi connectivity index (χ0n) is 11.0. The zero-order chi connectivity index (χ0) is 12.8. The Labute approximate surface area is 98.8 Å². The van der Waals surface area contributed by atoms with Crippen LogP contribution in [0.2, 0.25) is 19.6 Å². The van der Waals surface area contributed by atoms with Crippen molar-refractivity contribution in [1.82, 2.24) is 0 Å². The maximum Gasteiger partial charge on any atom is 0.163 e. The molecular formula is C13H20O2Si. The molecule has 1 saturated carbocycles. The van der Waals surface area contributed by atoms with Crippen molar-refractivity contribution in [3.8, 4) is 11.5 Å². The largest absolute Gasteiger partial charge is 0.299 e. The topological polar surface area (TPSA) is 34.1 Å². The van der Waals surface area contributed by atoms with E-state index in [0.29, 0.717) is 0 Å². The molecule has 0 amide bonds. The molecule has 1 aliphatic rings. The van der Waals surface area contributed by atoms with E-state index in [1.807, 2.05) is 0 Å². The predicted octanol–water partition coefficient (Wildman–Crippen LogP) is 2.44. The molecular weight excluding hydrogens is 216 g/mol. The lowest BCUT2D eigenvalue weighted by atomic mass is 9.82. The lowest BCUT2D eigenvalue weighted by Crippen LogP contribution is -2.31. The number of ketones is 2. The van der Waals surface area contributed by atoms with E-state index < -0.39 is 18.9 Å². The number of Topliss-reactive ketones (excluding diaryl/α,β-unsaturated/α-hetero) is 2. The maximum atomic E-state index is 12.2. The number of hydrogen-bond acceptors (Lipinski definition) is 2. The highest BCUT2D eigenvalue weighted by molar-refractivity contribution is 6.83. The van der Waals surface area contributed by atoms with Crippen LogP contribution in [0.4, 0.5) is 0 Å². The van der Waals surface area contributed by atoms with Crippen LogP contribution >= 0.6 is 0 Å². The first-order valence-corrected chi connectivity index (χ1v) is 9.12. The van der Waals surface area contributed by atoms with Crippen LogP contribution in [0.5, 0.6) is 0 Å². The zero-order valence-corrected chi connectivity index (χ0v) is 12.0. The van der Waals surface area contributed by atoms with Gasteiger partial charge in [0.2, 0.25) is 0 Å². The highest BCUT2D eigenvalue weighted by Gasteiger charge is 2.54. The number of carbonyl (C=O) groups excluding carboxylic acids is 2. The molecule has 0 radical (unpaired) electrons. The molecule has 1 unspecified atom stereocenters. The Kier molecular flexibility index (Phi) is 2.93. The third kappa shape index (κ3) is 2.27. The molecule has 0 heterocycles. The molecule has 0 aromatic carbocycles. The highest BCUT2D eigenvalue weighted by Crippen LogP contribution is 2.42. The summed E-state index contributed by atoms with van der Waals surface area (Å²) in [7, 11) is -1.49. The number of carbonyl (C=O) groups is 2. The molecule has 1 aliphatic carbocycles. The average molecular weight is 236 g/mol. The summed E-state index contributed by atoms with van der Waals surface area (Å²) in [5.74, 6) is 3.08. The fraction of sp³-hybridized carbons (Fsp3) is 0.692. The fourth-order valence-electron chi connectivity index (χ4n) is 1.87. The van der Waals surface area contributed by atoms with Gasteiger partial charge in [-0.15, -0.1) is 5.54 Å². The fourth-order valence-corrected chi connectivity index (χ4v) is 2.52. The van der Waals surface area contributed by atoms with Crippen LogP contribution < -0.4 is 0 Å². The van der Waals surface area contributed by atoms with Gasteiger partial charge in [0.05, 0.1) is 10.8 Å². The van der Waals surface area contributed by atoms with Crippen molar-refractivity contribution < 1.29 is 9.59 Å². The Morgan fingerprint density at radius 1 is 1.12 bits per heavy atom. The molecule has 0 aromatic heterocycles. The molecule has 3 heteroatoms. The second-order valence-electron chi connectivity index (χ2n) is 6.39. The van der Waals surface area contributed by atoms with E-state index in [0.717, 1.165) is 0 Å². The van der Waals surface area contributed by atoms with E-state index in [4.69, 9.17) is 0 Å². The summed E-state index contributed by atoms with van der Waals surface area (Å²) in [6.07, 6.45) is 0.274. The summed E-state index contributed by atoms with van der Waals surface area (Å²) in [4.78, 5) is 23.9. The van der Waals surface area contributed by atoms with Crippen molar-refractivity contribution in [2.24, 2.45) is 10.8 Å².